The molecule has 3 N–H and O–H groups in total. The van der Waals surface area contributed by atoms with E-state index in [1.54, 1.807) is 6.08 Å². The summed E-state index contributed by atoms with van der Waals surface area (Å²) in [5, 5.41) is 14.0. The number of hydrogen-bond acceptors (Lipinski definition) is 5. The fraction of sp³-hybridized carbons (Fsp3) is 0.957. The number of nitrogens with one attached hydrogen (secondary N) is 1. The third kappa shape index (κ3) is 62.8. The highest BCUT2D eigenvalue weighted by Gasteiger charge is 2.28. The molecule has 0 radical (unpaired) electrons. The Bertz CT molecular complexity index is 1280. The second-order valence-electron chi connectivity index (χ2n) is 25.6. The number of amides is 1. The van der Waals surface area contributed by atoms with Gasteiger partial charge in [0.1, 0.15) is 13.2 Å². The van der Waals surface area contributed by atoms with Crippen LogP contribution in [0.3, 0.4) is 0 Å². The molecule has 0 saturated carbocycles. The highest BCUT2D eigenvalue weighted by molar-refractivity contribution is 7.47. The number of nitrogens with zero attached hydrogens (tertiary/aromatic N) is 1. The minimum atomic E-state index is -4.35. The first-order chi connectivity index (χ1) is 38.0. The molecule has 0 aromatic carbocycles. The minimum absolute atomic E-state index is 0.0654. The molecule has 0 aliphatic carbocycles. The van der Waals surface area contributed by atoms with Crippen LogP contribution in [0.2, 0.25) is 0 Å². The van der Waals surface area contributed by atoms with Crippen LogP contribution >= 0.6 is 7.82 Å². The first kappa shape index (κ1) is 77.2. The molecule has 1 amide bonds. The summed E-state index contributed by atoms with van der Waals surface area (Å²) in [7, 11) is 1.60. The van der Waals surface area contributed by atoms with Crippen LogP contribution in [0.25, 0.3) is 0 Å². The molecule has 3 unspecified atom stereocenters. The Kier molecular flexibility index (Phi) is 60.2. The van der Waals surface area contributed by atoms with E-state index in [9.17, 15) is 19.4 Å². The summed E-state index contributed by atoms with van der Waals surface area (Å²) in [6, 6.07) is -0.843. The van der Waals surface area contributed by atoms with Gasteiger partial charge in [0, 0.05) is 6.42 Å². The molecule has 0 aromatic rings. The molecular weight excluding hydrogens is 984 g/mol. The molecule has 0 fully saturated rings. The first-order valence-electron chi connectivity index (χ1n) is 35.1. The number of quaternary nitrogens is 1. The molecule has 0 saturated heterocycles. The molecule has 0 heterocycles. The van der Waals surface area contributed by atoms with Gasteiger partial charge in [-0.3, -0.25) is 13.8 Å². The lowest BCUT2D eigenvalue weighted by molar-refractivity contribution is -0.870. The van der Waals surface area contributed by atoms with Crippen LogP contribution in [0.4, 0.5) is 0 Å². The van der Waals surface area contributed by atoms with Crippen LogP contribution in [-0.2, 0) is 18.4 Å². The predicted molar refractivity (Wildman–Crippen MR) is 342 cm³/mol. The third-order valence-corrected chi connectivity index (χ3v) is 17.5. The third-order valence-electron chi connectivity index (χ3n) is 16.5. The van der Waals surface area contributed by atoms with Crippen molar-refractivity contribution in [3.05, 3.63) is 12.2 Å². The van der Waals surface area contributed by atoms with Gasteiger partial charge in [-0.2, -0.15) is 0 Å². The number of phosphoric acid groups is 1. The van der Waals surface area contributed by atoms with Gasteiger partial charge in [-0.25, -0.2) is 4.57 Å². The largest absolute Gasteiger partial charge is 0.472 e. The number of unbranched alkanes of at least 4 members (excludes halogenated alkanes) is 53. The van der Waals surface area contributed by atoms with Crippen molar-refractivity contribution in [2.24, 2.45) is 0 Å². The van der Waals surface area contributed by atoms with Crippen molar-refractivity contribution in [1.29, 1.82) is 0 Å². The second kappa shape index (κ2) is 60.8. The molecule has 0 spiro atoms. The van der Waals surface area contributed by atoms with Crippen molar-refractivity contribution in [2.75, 3.05) is 40.9 Å². The van der Waals surface area contributed by atoms with Crippen LogP contribution < -0.4 is 5.32 Å². The normalized spacial score (nSPS) is 13.7. The number of carbonyl (C=O) groups is 1. The lowest BCUT2D eigenvalue weighted by Gasteiger charge is -2.25. The topological polar surface area (TPSA) is 105 Å². The van der Waals surface area contributed by atoms with Crippen LogP contribution in [0.5, 0.6) is 0 Å². The number of hydrogen-bond donors (Lipinski definition) is 3. The van der Waals surface area contributed by atoms with E-state index in [0.717, 1.165) is 32.1 Å². The molecule has 9 heteroatoms. The van der Waals surface area contributed by atoms with E-state index in [1.807, 2.05) is 27.2 Å². The average molecular weight is 1120 g/mol. The molecule has 0 aliphatic rings. The van der Waals surface area contributed by atoms with Gasteiger partial charge >= 0.3 is 7.82 Å². The number of carbonyl (C=O) groups excluding carboxylic acids is 1. The van der Waals surface area contributed by atoms with Gasteiger partial charge in [-0.05, 0) is 19.3 Å². The zero-order valence-electron chi connectivity index (χ0n) is 53.5. The Morgan fingerprint density at radius 2 is 0.679 bits per heavy atom. The fourth-order valence-electron chi connectivity index (χ4n) is 11.0. The van der Waals surface area contributed by atoms with Crippen molar-refractivity contribution in [3.63, 3.8) is 0 Å². The summed E-state index contributed by atoms with van der Waals surface area (Å²) >= 11 is 0. The van der Waals surface area contributed by atoms with Crippen molar-refractivity contribution in [2.45, 2.75) is 386 Å². The van der Waals surface area contributed by atoms with Crippen LogP contribution in [0.15, 0.2) is 12.2 Å². The fourth-order valence-corrected chi connectivity index (χ4v) is 11.8. The summed E-state index contributed by atoms with van der Waals surface area (Å²) in [6.45, 7) is 4.89. The van der Waals surface area contributed by atoms with Crippen molar-refractivity contribution >= 4 is 13.7 Å². The Balaban J connectivity index is 3.96. The number of likely N-dealkylation sites (N-methyl/N-ethyl adjacent to an activating group) is 1. The average Bonchev–Trinajstić information content (AvgIpc) is 3.41. The van der Waals surface area contributed by atoms with Crippen LogP contribution in [-0.4, -0.2) is 73.4 Å². The summed E-state index contributed by atoms with van der Waals surface area (Å²) in [5.74, 6) is -0.167. The number of aliphatic hydroxyl groups excluding tert-OH is 1. The summed E-state index contributed by atoms with van der Waals surface area (Å²) in [6.07, 6.45) is 78.0. The Hall–Kier alpha value is -0.760. The smallest absolute Gasteiger partial charge is 0.387 e. The van der Waals surface area contributed by atoms with Gasteiger partial charge < -0.3 is 19.8 Å². The van der Waals surface area contributed by atoms with Gasteiger partial charge in [0.25, 0.3) is 0 Å². The minimum Gasteiger partial charge on any atom is -0.387 e. The molecule has 0 aromatic heterocycles. The summed E-state index contributed by atoms with van der Waals surface area (Å²) in [5.41, 5.74) is 0. The van der Waals surface area contributed by atoms with E-state index in [0.29, 0.717) is 17.4 Å². The molecule has 0 bridgehead atoms. The lowest BCUT2D eigenvalue weighted by Crippen LogP contribution is -2.45. The summed E-state index contributed by atoms with van der Waals surface area (Å²) in [4.78, 5) is 23.4. The summed E-state index contributed by atoms with van der Waals surface area (Å²) < 4.78 is 23.8. The van der Waals surface area contributed by atoms with Gasteiger partial charge in [0.2, 0.25) is 5.91 Å². The number of phosphoric ester groups is 1. The first-order valence-corrected chi connectivity index (χ1v) is 36.6. The lowest BCUT2D eigenvalue weighted by atomic mass is 10.0. The molecule has 466 valence electrons. The van der Waals surface area contributed by atoms with Crippen molar-refractivity contribution < 1.29 is 32.9 Å². The molecule has 0 aliphatic heterocycles. The maximum Gasteiger partial charge on any atom is 0.472 e. The van der Waals surface area contributed by atoms with E-state index in [-0.39, 0.29) is 19.1 Å². The number of aliphatic hydroxyl groups is 1. The highest BCUT2D eigenvalue weighted by atomic mass is 31.2. The zero-order valence-corrected chi connectivity index (χ0v) is 54.3. The van der Waals surface area contributed by atoms with Crippen molar-refractivity contribution in [3.8, 4) is 0 Å². The molecule has 8 nitrogen and oxygen atoms in total. The van der Waals surface area contributed by atoms with E-state index in [2.05, 4.69) is 19.2 Å². The van der Waals surface area contributed by atoms with Crippen LogP contribution in [0, 0.1) is 0 Å². The number of allylic oxidation sites excluding steroid dienone is 1. The standard InChI is InChI=1S/C69H139N2O6P/c1-6-8-10-12-14-16-18-20-22-24-26-28-29-30-31-32-33-34-35-36-37-38-39-40-41-43-45-47-49-51-53-55-57-59-61-63-69(73)70-67(66-77-78(74,75)76-65-64-71(3,4)5)68(72)62-60-58-56-54-52-50-48-46-44-42-27-25-23-21-19-17-15-13-11-9-7-2/h60,62,67-68,72H,6-59,61,63-66H2,1-5H3,(H-,70,73,74,75)/p+1/b62-60+. The van der Waals surface area contributed by atoms with Gasteiger partial charge in [-0.1, -0.05) is 360 Å². The van der Waals surface area contributed by atoms with Gasteiger partial charge in [0.15, 0.2) is 0 Å². The molecular formula is C69H140N2O6P+. The molecule has 0 rings (SSSR count). The van der Waals surface area contributed by atoms with E-state index < -0.39 is 20.0 Å². The quantitative estimate of drug-likeness (QED) is 0.0243. The van der Waals surface area contributed by atoms with Gasteiger partial charge in [0.05, 0.1) is 39.9 Å². The number of rotatable bonds is 66. The monoisotopic (exact) mass is 1120 g/mol. The van der Waals surface area contributed by atoms with Crippen LogP contribution in [0.1, 0.15) is 373 Å². The molecule has 3 atom stereocenters. The van der Waals surface area contributed by atoms with E-state index >= 15 is 0 Å². The van der Waals surface area contributed by atoms with E-state index in [4.69, 9.17) is 9.05 Å². The highest BCUT2D eigenvalue weighted by Crippen LogP contribution is 2.43. The van der Waals surface area contributed by atoms with Crippen molar-refractivity contribution in [1.82, 2.24) is 5.32 Å². The maximum atomic E-state index is 13.0. The van der Waals surface area contributed by atoms with Gasteiger partial charge in [-0.15, -0.1) is 0 Å². The molecule has 78 heavy (non-hydrogen) atoms. The Morgan fingerprint density at radius 1 is 0.423 bits per heavy atom. The Morgan fingerprint density at radius 3 is 0.949 bits per heavy atom. The van der Waals surface area contributed by atoms with E-state index in [1.165, 1.54) is 321 Å². The SMILES string of the molecule is CCCCCCCCCCCCCCCCCCCCC/C=C/C(O)C(COP(=O)(O)OCC[N+](C)(C)C)NC(=O)CCCCCCCCCCCCCCCCCCCCCCCCCCCCCCCCCCCCC. The Labute approximate surface area is 488 Å². The second-order valence-corrected chi connectivity index (χ2v) is 27.1. The maximum absolute atomic E-state index is 13.0. The zero-order chi connectivity index (χ0) is 57.0. The predicted octanol–water partition coefficient (Wildman–Crippen LogP) is 22.1.